The molecule has 0 saturated heterocycles. The maximum atomic E-state index is 11.7. The Balaban J connectivity index is 2.18. The zero-order valence-corrected chi connectivity index (χ0v) is 10.9. The minimum atomic E-state index is -3.40. The first-order chi connectivity index (χ1) is 8.97. The molecule has 0 radical (unpaired) electrons. The first-order valence-electron chi connectivity index (χ1n) is 5.33. The molecule has 0 unspecified atom stereocenters. The molecule has 0 aliphatic carbocycles. The standard InChI is InChI=1S/C11H12N4O3S/c1-19(17,18)10-5-3-2-4-9(10)15-11(16)14-8-6-12-13-7-8/h2-7H,1H3,(H,12,13)(H2,14,15,16). The molecule has 0 fully saturated rings. The average Bonchev–Trinajstić information content (AvgIpc) is 2.81. The molecular formula is C11H12N4O3S. The van der Waals surface area contributed by atoms with Gasteiger partial charge < -0.3 is 10.6 Å². The molecule has 0 bridgehead atoms. The zero-order valence-electron chi connectivity index (χ0n) is 10.0. The van der Waals surface area contributed by atoms with Crippen LogP contribution in [0.2, 0.25) is 0 Å². The molecule has 1 heterocycles. The first-order valence-corrected chi connectivity index (χ1v) is 7.22. The van der Waals surface area contributed by atoms with E-state index >= 15 is 0 Å². The number of carbonyl (C=O) groups is 1. The van der Waals surface area contributed by atoms with Crippen LogP contribution < -0.4 is 10.6 Å². The Hall–Kier alpha value is -2.35. The molecule has 0 saturated carbocycles. The molecule has 0 aliphatic rings. The van der Waals surface area contributed by atoms with E-state index in [1.807, 2.05) is 0 Å². The van der Waals surface area contributed by atoms with Gasteiger partial charge in [-0.15, -0.1) is 0 Å². The van der Waals surface area contributed by atoms with Gasteiger partial charge in [-0.25, -0.2) is 13.2 Å². The summed E-state index contributed by atoms with van der Waals surface area (Å²) in [7, 11) is -3.40. The largest absolute Gasteiger partial charge is 0.323 e. The summed E-state index contributed by atoms with van der Waals surface area (Å²) in [5, 5.41) is 11.2. The van der Waals surface area contributed by atoms with Crippen molar-refractivity contribution in [3.05, 3.63) is 36.7 Å². The lowest BCUT2D eigenvalue weighted by molar-refractivity contribution is 0.262. The Labute approximate surface area is 110 Å². The van der Waals surface area contributed by atoms with E-state index < -0.39 is 15.9 Å². The summed E-state index contributed by atoms with van der Waals surface area (Å²) >= 11 is 0. The molecule has 0 spiro atoms. The summed E-state index contributed by atoms with van der Waals surface area (Å²) in [6, 6.07) is 5.64. The number of nitrogens with zero attached hydrogens (tertiary/aromatic N) is 1. The van der Waals surface area contributed by atoms with E-state index in [9.17, 15) is 13.2 Å². The SMILES string of the molecule is CS(=O)(=O)c1ccccc1NC(=O)Nc1cn[nH]c1. The zero-order chi connectivity index (χ0) is 13.9. The Morgan fingerprint density at radius 3 is 2.63 bits per heavy atom. The molecule has 2 rings (SSSR count). The Bertz CT molecular complexity index is 680. The summed E-state index contributed by atoms with van der Waals surface area (Å²) in [5.74, 6) is 0. The van der Waals surface area contributed by atoms with E-state index in [1.165, 1.54) is 24.5 Å². The highest BCUT2D eigenvalue weighted by Gasteiger charge is 2.14. The van der Waals surface area contributed by atoms with Gasteiger partial charge in [-0.1, -0.05) is 12.1 Å². The third-order valence-corrected chi connectivity index (χ3v) is 3.45. The molecule has 3 N–H and O–H groups in total. The second-order valence-electron chi connectivity index (χ2n) is 3.83. The van der Waals surface area contributed by atoms with Crippen molar-refractivity contribution in [3.63, 3.8) is 0 Å². The molecule has 100 valence electrons. The van der Waals surface area contributed by atoms with Gasteiger partial charge in [-0.2, -0.15) is 5.10 Å². The van der Waals surface area contributed by atoms with Crippen LogP contribution in [0.15, 0.2) is 41.6 Å². The maximum absolute atomic E-state index is 11.7. The van der Waals surface area contributed by atoms with Gasteiger partial charge in [0.15, 0.2) is 9.84 Å². The smallest absolute Gasteiger partial charge is 0.306 e. The number of carbonyl (C=O) groups excluding carboxylic acids is 1. The number of para-hydroxylation sites is 1. The second kappa shape index (κ2) is 5.11. The van der Waals surface area contributed by atoms with E-state index in [0.29, 0.717) is 5.69 Å². The van der Waals surface area contributed by atoms with E-state index in [4.69, 9.17) is 0 Å². The van der Waals surface area contributed by atoms with E-state index in [2.05, 4.69) is 20.8 Å². The number of urea groups is 1. The van der Waals surface area contributed by atoms with Gasteiger partial charge in [0.1, 0.15) is 0 Å². The van der Waals surface area contributed by atoms with Crippen LogP contribution in [0.1, 0.15) is 0 Å². The topological polar surface area (TPSA) is 104 Å². The minimum absolute atomic E-state index is 0.0670. The normalized spacial score (nSPS) is 11.0. The molecule has 0 aliphatic heterocycles. The van der Waals surface area contributed by atoms with Crippen LogP contribution in [0.4, 0.5) is 16.2 Å². The van der Waals surface area contributed by atoms with Crippen molar-refractivity contribution in [1.29, 1.82) is 0 Å². The Morgan fingerprint density at radius 1 is 1.26 bits per heavy atom. The van der Waals surface area contributed by atoms with Gasteiger partial charge >= 0.3 is 6.03 Å². The van der Waals surface area contributed by atoms with Crippen LogP contribution in [0.25, 0.3) is 0 Å². The number of benzene rings is 1. The van der Waals surface area contributed by atoms with Crippen LogP contribution >= 0.6 is 0 Å². The molecule has 2 aromatic rings. The fourth-order valence-corrected chi connectivity index (χ4v) is 2.34. The van der Waals surface area contributed by atoms with Crippen molar-refractivity contribution in [1.82, 2.24) is 10.2 Å². The summed E-state index contributed by atoms with van der Waals surface area (Å²) in [6.07, 6.45) is 4.02. The van der Waals surface area contributed by atoms with Crippen molar-refractivity contribution in [2.45, 2.75) is 4.90 Å². The number of rotatable bonds is 3. The fraction of sp³-hybridized carbons (Fsp3) is 0.0909. The van der Waals surface area contributed by atoms with Crippen LogP contribution in [0.3, 0.4) is 0 Å². The highest BCUT2D eigenvalue weighted by molar-refractivity contribution is 7.90. The van der Waals surface area contributed by atoms with Gasteiger partial charge in [-0.05, 0) is 12.1 Å². The number of amides is 2. The molecule has 7 nitrogen and oxygen atoms in total. The van der Waals surface area contributed by atoms with E-state index in [1.54, 1.807) is 12.1 Å². The summed E-state index contributed by atoms with van der Waals surface area (Å²) in [6.45, 7) is 0. The Kier molecular flexibility index (Phi) is 3.52. The monoisotopic (exact) mass is 280 g/mol. The van der Waals surface area contributed by atoms with E-state index in [0.717, 1.165) is 6.26 Å². The molecular weight excluding hydrogens is 268 g/mol. The third-order valence-electron chi connectivity index (χ3n) is 2.29. The molecule has 1 aromatic carbocycles. The number of aromatic nitrogens is 2. The van der Waals surface area contributed by atoms with Crippen molar-refractivity contribution < 1.29 is 13.2 Å². The maximum Gasteiger partial charge on any atom is 0.323 e. The lowest BCUT2D eigenvalue weighted by Gasteiger charge is -2.09. The average molecular weight is 280 g/mol. The van der Waals surface area contributed by atoms with Crippen LogP contribution in [0, 0.1) is 0 Å². The summed E-state index contributed by atoms with van der Waals surface area (Å²) in [5.41, 5.74) is 0.709. The molecule has 1 aromatic heterocycles. The lowest BCUT2D eigenvalue weighted by Crippen LogP contribution is -2.20. The number of anilines is 2. The molecule has 8 heteroatoms. The summed E-state index contributed by atoms with van der Waals surface area (Å²) in [4.78, 5) is 11.8. The predicted octanol–water partition coefficient (Wildman–Crippen LogP) is 1.46. The van der Waals surface area contributed by atoms with Gasteiger partial charge in [0.25, 0.3) is 0 Å². The van der Waals surface area contributed by atoms with Gasteiger partial charge in [0.2, 0.25) is 0 Å². The number of H-pyrrole nitrogens is 1. The number of sulfone groups is 1. The van der Waals surface area contributed by atoms with Crippen molar-refractivity contribution in [2.24, 2.45) is 0 Å². The first kappa shape index (κ1) is 13.1. The van der Waals surface area contributed by atoms with E-state index in [-0.39, 0.29) is 10.6 Å². The highest BCUT2D eigenvalue weighted by Crippen LogP contribution is 2.20. The van der Waals surface area contributed by atoms with Crippen molar-refractivity contribution in [3.8, 4) is 0 Å². The van der Waals surface area contributed by atoms with Gasteiger partial charge in [0, 0.05) is 12.5 Å². The van der Waals surface area contributed by atoms with Crippen LogP contribution in [-0.4, -0.2) is 30.9 Å². The second-order valence-corrected chi connectivity index (χ2v) is 5.82. The lowest BCUT2D eigenvalue weighted by atomic mass is 10.3. The molecule has 2 amide bonds. The quantitative estimate of drug-likeness (QED) is 0.791. The van der Waals surface area contributed by atoms with Gasteiger partial charge in [0.05, 0.1) is 22.5 Å². The van der Waals surface area contributed by atoms with Crippen LogP contribution in [0.5, 0.6) is 0 Å². The van der Waals surface area contributed by atoms with Crippen LogP contribution in [-0.2, 0) is 9.84 Å². The number of nitrogens with one attached hydrogen (secondary N) is 3. The third kappa shape index (κ3) is 3.32. The number of aromatic amines is 1. The van der Waals surface area contributed by atoms with Crippen molar-refractivity contribution >= 4 is 27.2 Å². The van der Waals surface area contributed by atoms with Crippen molar-refractivity contribution in [2.75, 3.05) is 16.9 Å². The number of hydrogen-bond donors (Lipinski definition) is 3. The molecule has 19 heavy (non-hydrogen) atoms. The summed E-state index contributed by atoms with van der Waals surface area (Å²) < 4.78 is 23.1. The number of hydrogen-bond acceptors (Lipinski definition) is 4. The Morgan fingerprint density at radius 2 is 2.00 bits per heavy atom. The minimum Gasteiger partial charge on any atom is -0.306 e. The fourth-order valence-electron chi connectivity index (χ4n) is 1.50. The van der Waals surface area contributed by atoms with Gasteiger partial charge in [-0.3, -0.25) is 5.10 Å². The molecule has 0 atom stereocenters. The highest BCUT2D eigenvalue weighted by atomic mass is 32.2. The predicted molar refractivity (Wildman–Crippen MR) is 70.8 cm³/mol.